The fourth-order valence-electron chi connectivity index (χ4n) is 3.90. The summed E-state index contributed by atoms with van der Waals surface area (Å²) in [5, 5.41) is 3.97. The van der Waals surface area contributed by atoms with Crippen molar-refractivity contribution in [3.63, 3.8) is 0 Å². The van der Waals surface area contributed by atoms with E-state index in [0.29, 0.717) is 19.6 Å². The summed E-state index contributed by atoms with van der Waals surface area (Å²) in [6, 6.07) is 0. The second-order valence-electron chi connectivity index (χ2n) is 5.46. The molecule has 0 aromatic carbocycles. The summed E-state index contributed by atoms with van der Waals surface area (Å²) in [7, 11) is 0. The van der Waals surface area contributed by atoms with Crippen molar-refractivity contribution in [3.8, 4) is 0 Å². The first-order valence-electron chi connectivity index (χ1n) is 6.93. The molecule has 0 bridgehead atoms. The molecule has 5 heteroatoms. The normalized spacial score (nSPS) is 30.2. The van der Waals surface area contributed by atoms with Gasteiger partial charge in [0.1, 0.15) is 0 Å². The van der Waals surface area contributed by atoms with Crippen molar-refractivity contribution in [1.29, 1.82) is 0 Å². The predicted molar refractivity (Wildman–Crippen MR) is 64.4 cm³/mol. The predicted octanol–water partition coefficient (Wildman–Crippen LogP) is 0.941. The first-order chi connectivity index (χ1) is 8.69. The van der Waals surface area contributed by atoms with Gasteiger partial charge in [-0.15, -0.1) is 0 Å². The summed E-state index contributed by atoms with van der Waals surface area (Å²) in [4.78, 5) is 24.0. The summed E-state index contributed by atoms with van der Waals surface area (Å²) < 4.78 is 5.21. The maximum absolute atomic E-state index is 12.2. The van der Waals surface area contributed by atoms with Gasteiger partial charge >= 0.3 is 5.97 Å². The highest BCUT2D eigenvalue weighted by Gasteiger charge is 2.59. The Morgan fingerprint density at radius 1 is 1.44 bits per heavy atom. The zero-order valence-electron chi connectivity index (χ0n) is 10.9. The minimum absolute atomic E-state index is 0.124. The summed E-state index contributed by atoms with van der Waals surface area (Å²) in [5.74, 6) is -0.112. The van der Waals surface area contributed by atoms with Crippen molar-refractivity contribution in [1.82, 2.24) is 10.0 Å². The standard InChI is InChI=1S/C13H20N2O3/c1-2-18-12(17)10-9-14-11(16)5-8-15(14)13(10)6-3-4-7-13/h10H,2-9H2,1H3/t10-/m0/s1. The molecule has 0 N–H and O–H groups in total. The minimum Gasteiger partial charge on any atom is -0.466 e. The van der Waals surface area contributed by atoms with Crippen LogP contribution in [-0.2, 0) is 14.3 Å². The van der Waals surface area contributed by atoms with Gasteiger partial charge in [0.25, 0.3) is 0 Å². The van der Waals surface area contributed by atoms with Crippen LogP contribution in [0.5, 0.6) is 0 Å². The first-order valence-corrected chi connectivity index (χ1v) is 6.93. The molecule has 1 spiro atoms. The smallest absolute Gasteiger partial charge is 0.312 e. The van der Waals surface area contributed by atoms with Crippen molar-refractivity contribution in [2.75, 3.05) is 19.7 Å². The molecule has 1 atom stereocenters. The van der Waals surface area contributed by atoms with Gasteiger partial charge in [0, 0.05) is 13.0 Å². The van der Waals surface area contributed by atoms with Gasteiger partial charge in [-0.3, -0.25) is 14.6 Å². The molecule has 0 aromatic rings. The molecule has 3 rings (SSSR count). The van der Waals surface area contributed by atoms with Gasteiger partial charge < -0.3 is 4.74 Å². The van der Waals surface area contributed by atoms with Gasteiger partial charge in [0.15, 0.2) is 0 Å². The van der Waals surface area contributed by atoms with Crippen LogP contribution in [0.2, 0.25) is 0 Å². The third kappa shape index (κ3) is 1.49. The van der Waals surface area contributed by atoms with E-state index in [4.69, 9.17) is 4.74 Å². The summed E-state index contributed by atoms with van der Waals surface area (Å²) >= 11 is 0. The third-order valence-corrected chi connectivity index (χ3v) is 4.68. The molecule has 100 valence electrons. The maximum Gasteiger partial charge on any atom is 0.312 e. The van der Waals surface area contributed by atoms with E-state index in [1.807, 2.05) is 6.92 Å². The fourth-order valence-corrected chi connectivity index (χ4v) is 3.90. The number of rotatable bonds is 2. The van der Waals surface area contributed by atoms with Crippen LogP contribution in [0.15, 0.2) is 0 Å². The molecule has 3 fully saturated rings. The number of nitrogens with zero attached hydrogens (tertiary/aromatic N) is 2. The lowest BCUT2D eigenvalue weighted by Gasteiger charge is -2.36. The van der Waals surface area contributed by atoms with Gasteiger partial charge in [0.2, 0.25) is 5.91 Å². The molecule has 1 aliphatic carbocycles. The summed E-state index contributed by atoms with van der Waals surface area (Å²) in [5.41, 5.74) is -0.127. The zero-order chi connectivity index (χ0) is 12.8. The van der Waals surface area contributed by atoms with Crippen molar-refractivity contribution in [2.24, 2.45) is 5.92 Å². The number of carbonyl (C=O) groups is 2. The second kappa shape index (κ2) is 4.23. The van der Waals surface area contributed by atoms with E-state index < -0.39 is 0 Å². The summed E-state index contributed by atoms with van der Waals surface area (Å²) in [6.07, 6.45) is 4.92. The number of hydrogen-bond acceptors (Lipinski definition) is 4. The van der Waals surface area contributed by atoms with Crippen LogP contribution in [0.25, 0.3) is 0 Å². The average molecular weight is 252 g/mol. The Morgan fingerprint density at radius 2 is 2.17 bits per heavy atom. The first kappa shape index (κ1) is 12.0. The van der Waals surface area contributed by atoms with Gasteiger partial charge in [-0.1, -0.05) is 12.8 Å². The molecular formula is C13H20N2O3. The molecule has 0 aromatic heterocycles. The molecule has 3 aliphatic rings. The fraction of sp³-hybridized carbons (Fsp3) is 0.846. The summed E-state index contributed by atoms with van der Waals surface area (Å²) in [6.45, 7) is 3.55. The van der Waals surface area contributed by atoms with E-state index in [1.54, 1.807) is 5.01 Å². The highest BCUT2D eigenvalue weighted by atomic mass is 16.5. The SMILES string of the molecule is CCOC(=O)[C@@H]1CN2C(=O)CCN2C12CCCC2. The van der Waals surface area contributed by atoms with Gasteiger partial charge in [-0.25, -0.2) is 5.01 Å². The largest absolute Gasteiger partial charge is 0.466 e. The molecule has 2 heterocycles. The lowest BCUT2D eigenvalue weighted by atomic mass is 9.83. The molecule has 1 saturated carbocycles. The van der Waals surface area contributed by atoms with E-state index >= 15 is 0 Å². The Labute approximate surface area is 107 Å². The second-order valence-corrected chi connectivity index (χ2v) is 5.46. The highest BCUT2D eigenvalue weighted by Crippen LogP contribution is 2.48. The van der Waals surface area contributed by atoms with E-state index in [-0.39, 0.29) is 23.3 Å². The lowest BCUT2D eigenvalue weighted by Crippen LogP contribution is -2.49. The Bertz CT molecular complexity index is 376. The Balaban J connectivity index is 1.89. The molecule has 2 aliphatic heterocycles. The Morgan fingerprint density at radius 3 is 2.83 bits per heavy atom. The Hall–Kier alpha value is -1.10. The number of ether oxygens (including phenoxy) is 1. The molecule has 18 heavy (non-hydrogen) atoms. The molecule has 2 saturated heterocycles. The van der Waals surface area contributed by atoms with Gasteiger partial charge in [-0.05, 0) is 19.8 Å². The topological polar surface area (TPSA) is 49.9 Å². The number of esters is 1. The van der Waals surface area contributed by atoms with Gasteiger partial charge in [0.05, 0.1) is 24.6 Å². The number of carbonyl (C=O) groups excluding carboxylic acids is 2. The number of amides is 1. The third-order valence-electron chi connectivity index (χ3n) is 4.68. The van der Waals surface area contributed by atoms with Crippen LogP contribution in [-0.4, -0.2) is 47.1 Å². The molecule has 5 nitrogen and oxygen atoms in total. The molecular weight excluding hydrogens is 232 g/mol. The van der Waals surface area contributed by atoms with Crippen LogP contribution in [0.4, 0.5) is 0 Å². The van der Waals surface area contributed by atoms with E-state index in [0.717, 1.165) is 32.2 Å². The lowest BCUT2D eigenvalue weighted by molar-refractivity contribution is -0.151. The van der Waals surface area contributed by atoms with Crippen LogP contribution in [0, 0.1) is 5.92 Å². The van der Waals surface area contributed by atoms with Crippen LogP contribution >= 0.6 is 0 Å². The number of hydrazine groups is 1. The maximum atomic E-state index is 12.2. The van der Waals surface area contributed by atoms with Gasteiger partial charge in [-0.2, -0.15) is 0 Å². The Kier molecular flexibility index (Phi) is 2.81. The van der Waals surface area contributed by atoms with Crippen LogP contribution in [0.3, 0.4) is 0 Å². The van der Waals surface area contributed by atoms with Crippen molar-refractivity contribution in [3.05, 3.63) is 0 Å². The highest BCUT2D eigenvalue weighted by molar-refractivity contribution is 5.81. The van der Waals surface area contributed by atoms with Crippen molar-refractivity contribution < 1.29 is 14.3 Å². The van der Waals surface area contributed by atoms with Crippen LogP contribution in [0.1, 0.15) is 39.0 Å². The van der Waals surface area contributed by atoms with E-state index in [1.165, 1.54) is 0 Å². The zero-order valence-corrected chi connectivity index (χ0v) is 10.9. The number of hydrogen-bond donors (Lipinski definition) is 0. The van der Waals surface area contributed by atoms with Crippen molar-refractivity contribution in [2.45, 2.75) is 44.6 Å². The monoisotopic (exact) mass is 252 g/mol. The molecule has 0 radical (unpaired) electrons. The van der Waals surface area contributed by atoms with E-state index in [2.05, 4.69) is 5.01 Å². The van der Waals surface area contributed by atoms with Crippen molar-refractivity contribution >= 4 is 11.9 Å². The molecule has 0 unspecified atom stereocenters. The quantitative estimate of drug-likeness (QED) is 0.686. The minimum atomic E-state index is -0.149. The van der Waals surface area contributed by atoms with Crippen LogP contribution < -0.4 is 0 Å². The van der Waals surface area contributed by atoms with E-state index in [9.17, 15) is 9.59 Å². The number of fused-ring (bicyclic) bond motifs is 2. The average Bonchev–Trinajstić information content (AvgIpc) is 3.01. The molecule has 1 amide bonds.